The van der Waals surface area contributed by atoms with Crippen molar-refractivity contribution in [2.24, 2.45) is 5.92 Å². The smallest absolute Gasteiger partial charge is 0.279 e. The maximum Gasteiger partial charge on any atom is 0.279 e. The molecule has 0 aromatic rings. The first-order valence-electron chi connectivity index (χ1n) is 7.69. The molecule has 0 saturated heterocycles. The lowest BCUT2D eigenvalue weighted by Gasteiger charge is -2.30. The highest BCUT2D eigenvalue weighted by Gasteiger charge is 2.34. The van der Waals surface area contributed by atoms with Crippen LogP contribution in [0.4, 0.5) is 0 Å². The maximum absolute atomic E-state index is 12.3. The number of nitrogens with zero attached hydrogens (tertiary/aromatic N) is 1. The van der Waals surface area contributed by atoms with E-state index in [4.69, 9.17) is 0 Å². The van der Waals surface area contributed by atoms with Gasteiger partial charge in [-0.1, -0.05) is 13.8 Å². The fourth-order valence-corrected chi connectivity index (χ4v) is 1.76. The van der Waals surface area contributed by atoms with Gasteiger partial charge in [0.15, 0.2) is 12.6 Å². The van der Waals surface area contributed by atoms with Crippen molar-refractivity contribution in [2.75, 3.05) is 13.6 Å². The fraction of sp³-hybridized carbons (Fsp3) is 0.812. The van der Waals surface area contributed by atoms with E-state index in [0.29, 0.717) is 0 Å². The van der Waals surface area contributed by atoms with E-state index in [-0.39, 0.29) is 29.8 Å². The second-order valence-electron chi connectivity index (χ2n) is 7.50. The molecule has 0 radical (unpaired) electrons. The third kappa shape index (κ3) is 6.44. The zero-order chi connectivity index (χ0) is 17.7. The minimum absolute atomic E-state index is 0.00172. The van der Waals surface area contributed by atoms with Crippen LogP contribution in [0.2, 0.25) is 0 Å². The molecule has 3 N–H and O–H groups in total. The van der Waals surface area contributed by atoms with Crippen LogP contribution in [0.1, 0.15) is 48.5 Å². The molecule has 0 spiro atoms. The highest BCUT2D eigenvalue weighted by Crippen LogP contribution is 2.14. The Bertz CT molecular complexity index is 448. The van der Waals surface area contributed by atoms with Crippen LogP contribution >= 0.6 is 0 Å². The van der Waals surface area contributed by atoms with E-state index in [2.05, 4.69) is 16.7 Å². The van der Waals surface area contributed by atoms with Gasteiger partial charge in [-0.3, -0.25) is 9.59 Å². The molecule has 22 heavy (non-hydrogen) atoms. The number of nitrogens with one attached hydrogen (secondary N) is 3. The quantitative estimate of drug-likeness (QED) is 0.638. The molecule has 0 saturated carbocycles. The zero-order valence-electron chi connectivity index (χ0n) is 15.1. The summed E-state index contributed by atoms with van der Waals surface area (Å²) in [5, 5.41) is 14.9. The molecule has 2 amide bonds. The van der Waals surface area contributed by atoms with Gasteiger partial charge in [-0.05, 0) is 40.5 Å². The molecule has 6 nitrogen and oxygen atoms in total. The van der Waals surface area contributed by atoms with Gasteiger partial charge < -0.3 is 15.5 Å². The first kappa shape index (κ1) is 20.4. The standard InChI is InChI=1S/C16H30N4O2/c1-11(2)16(7,10-17)19-14(22)12(3)20(8)9-13(21)18-15(4,5)6/h11-12H,9H2,1-8H3,(H,18,21)(H,19,22)/p+1/t12-,16+/m0/s1. The molecule has 1 unspecified atom stereocenters. The monoisotopic (exact) mass is 311 g/mol. The first-order chi connectivity index (χ1) is 9.82. The number of rotatable bonds is 6. The predicted octanol–water partition coefficient (Wildman–Crippen LogP) is -0.141. The first-order valence-corrected chi connectivity index (χ1v) is 7.69. The molecule has 0 aliphatic carbocycles. The number of amides is 2. The van der Waals surface area contributed by atoms with Gasteiger partial charge in [-0.2, -0.15) is 5.26 Å². The summed E-state index contributed by atoms with van der Waals surface area (Å²) in [5.41, 5.74) is -1.20. The second kappa shape index (κ2) is 7.59. The number of nitriles is 1. The van der Waals surface area contributed by atoms with Crippen molar-refractivity contribution < 1.29 is 14.5 Å². The van der Waals surface area contributed by atoms with E-state index < -0.39 is 11.6 Å². The van der Waals surface area contributed by atoms with Crippen molar-refractivity contribution in [1.82, 2.24) is 10.6 Å². The largest absolute Gasteiger partial charge is 0.347 e. The summed E-state index contributed by atoms with van der Waals surface area (Å²) in [7, 11) is 1.80. The molecule has 0 bridgehead atoms. The number of hydrogen-bond donors (Lipinski definition) is 3. The van der Waals surface area contributed by atoms with Gasteiger partial charge in [0.25, 0.3) is 11.8 Å². The Labute approximate surface area is 134 Å². The molecule has 0 heterocycles. The Hall–Kier alpha value is -1.61. The summed E-state index contributed by atoms with van der Waals surface area (Å²) >= 11 is 0. The fourth-order valence-electron chi connectivity index (χ4n) is 1.76. The number of quaternary nitrogens is 1. The third-order valence-electron chi connectivity index (χ3n) is 3.86. The third-order valence-corrected chi connectivity index (χ3v) is 3.86. The summed E-state index contributed by atoms with van der Waals surface area (Å²) in [4.78, 5) is 25.0. The number of hydrogen-bond acceptors (Lipinski definition) is 3. The zero-order valence-corrected chi connectivity index (χ0v) is 15.1. The normalized spacial score (nSPS) is 17.1. The van der Waals surface area contributed by atoms with Gasteiger partial charge in [-0.15, -0.1) is 0 Å². The Balaban J connectivity index is 4.70. The topological polar surface area (TPSA) is 86.4 Å². The van der Waals surface area contributed by atoms with Crippen molar-refractivity contribution in [3.05, 3.63) is 0 Å². The predicted molar refractivity (Wildman–Crippen MR) is 86.1 cm³/mol. The van der Waals surface area contributed by atoms with Crippen molar-refractivity contribution in [3.8, 4) is 6.07 Å². The average Bonchev–Trinajstić information content (AvgIpc) is 2.34. The van der Waals surface area contributed by atoms with Crippen molar-refractivity contribution >= 4 is 11.8 Å². The van der Waals surface area contributed by atoms with E-state index in [1.807, 2.05) is 34.6 Å². The van der Waals surface area contributed by atoms with E-state index in [1.165, 1.54) is 0 Å². The summed E-state index contributed by atoms with van der Waals surface area (Å²) < 4.78 is 0. The molecular formula is C16H31N4O2+. The number of carbonyl (C=O) groups excluding carboxylic acids is 2. The molecule has 0 aromatic carbocycles. The SMILES string of the molecule is CC(C)[C@@](C)(C#N)NC(=O)[C@H](C)[NH+](C)CC(=O)NC(C)(C)C. The molecular weight excluding hydrogens is 280 g/mol. The lowest BCUT2D eigenvalue weighted by atomic mass is 9.90. The van der Waals surface area contributed by atoms with Crippen LogP contribution in [0.5, 0.6) is 0 Å². The molecule has 0 aliphatic heterocycles. The van der Waals surface area contributed by atoms with Crippen LogP contribution in [0, 0.1) is 17.2 Å². The van der Waals surface area contributed by atoms with Crippen molar-refractivity contribution in [2.45, 2.75) is 65.6 Å². The van der Waals surface area contributed by atoms with Crippen molar-refractivity contribution in [1.29, 1.82) is 5.26 Å². The lowest BCUT2D eigenvalue weighted by Crippen LogP contribution is -3.15. The summed E-state index contributed by atoms with van der Waals surface area (Å²) in [6.45, 7) is 13.2. The van der Waals surface area contributed by atoms with E-state index in [9.17, 15) is 14.9 Å². The van der Waals surface area contributed by atoms with Gasteiger partial charge in [-0.25, -0.2) is 0 Å². The van der Waals surface area contributed by atoms with E-state index in [0.717, 1.165) is 4.90 Å². The molecule has 126 valence electrons. The minimum Gasteiger partial charge on any atom is -0.347 e. The summed E-state index contributed by atoms with van der Waals surface area (Å²) in [6, 6.07) is 1.73. The molecule has 0 rings (SSSR count). The second-order valence-corrected chi connectivity index (χ2v) is 7.50. The minimum atomic E-state index is -0.903. The Kier molecular flexibility index (Phi) is 7.04. The molecule has 0 aliphatic rings. The van der Waals surface area contributed by atoms with Crippen LogP contribution in [0.3, 0.4) is 0 Å². The van der Waals surface area contributed by atoms with Gasteiger partial charge in [0.05, 0.1) is 13.1 Å². The van der Waals surface area contributed by atoms with E-state index >= 15 is 0 Å². The van der Waals surface area contributed by atoms with Gasteiger partial charge in [0.2, 0.25) is 0 Å². The van der Waals surface area contributed by atoms with Crippen LogP contribution in [0.15, 0.2) is 0 Å². The Morgan fingerprint density at radius 1 is 1.14 bits per heavy atom. The molecule has 0 aromatic heterocycles. The highest BCUT2D eigenvalue weighted by atomic mass is 16.2. The summed E-state index contributed by atoms with van der Waals surface area (Å²) in [6.07, 6.45) is 0. The van der Waals surface area contributed by atoms with Crippen LogP contribution in [-0.2, 0) is 9.59 Å². The molecule has 0 fully saturated rings. The molecule has 3 atom stereocenters. The number of likely N-dealkylation sites (N-methyl/N-ethyl adjacent to an activating group) is 1. The Morgan fingerprint density at radius 3 is 2.00 bits per heavy atom. The maximum atomic E-state index is 12.3. The van der Waals surface area contributed by atoms with Gasteiger partial charge in [0.1, 0.15) is 5.54 Å². The summed E-state index contributed by atoms with van der Waals surface area (Å²) in [5.74, 6) is -0.325. The lowest BCUT2D eigenvalue weighted by molar-refractivity contribution is -0.886. The molecule has 6 heteroatoms. The van der Waals surface area contributed by atoms with Crippen LogP contribution in [-0.4, -0.2) is 42.5 Å². The highest BCUT2D eigenvalue weighted by molar-refractivity contribution is 5.82. The van der Waals surface area contributed by atoms with Crippen LogP contribution < -0.4 is 15.5 Å². The van der Waals surface area contributed by atoms with Crippen LogP contribution in [0.25, 0.3) is 0 Å². The average molecular weight is 311 g/mol. The Morgan fingerprint density at radius 2 is 1.64 bits per heavy atom. The van der Waals surface area contributed by atoms with Gasteiger partial charge >= 0.3 is 0 Å². The van der Waals surface area contributed by atoms with Crippen molar-refractivity contribution in [3.63, 3.8) is 0 Å². The number of carbonyl (C=O) groups is 2. The van der Waals surface area contributed by atoms with E-state index in [1.54, 1.807) is 20.9 Å². The van der Waals surface area contributed by atoms with Gasteiger partial charge in [0, 0.05) is 5.54 Å².